The minimum atomic E-state index is -0.374. The second-order valence-corrected chi connectivity index (χ2v) is 6.91. The molecule has 1 unspecified atom stereocenters. The van der Waals surface area contributed by atoms with E-state index in [9.17, 15) is 10.1 Å². The van der Waals surface area contributed by atoms with Gasteiger partial charge in [0.15, 0.2) is 0 Å². The number of nitro benzene ring substituents is 1. The SMILES string of the molecule is O=[N+]([O-])c1ccc(CNCC2CCCCS2)c(Br)c1. The van der Waals surface area contributed by atoms with E-state index in [0.717, 1.165) is 23.1 Å². The first kappa shape index (κ1) is 14.8. The Kier molecular flexibility index (Phi) is 5.66. The van der Waals surface area contributed by atoms with E-state index >= 15 is 0 Å². The number of hydrogen-bond donors (Lipinski definition) is 1. The van der Waals surface area contributed by atoms with Crippen molar-refractivity contribution in [3.63, 3.8) is 0 Å². The number of hydrogen-bond acceptors (Lipinski definition) is 4. The monoisotopic (exact) mass is 344 g/mol. The fourth-order valence-electron chi connectivity index (χ4n) is 2.13. The molecule has 0 aliphatic carbocycles. The quantitative estimate of drug-likeness (QED) is 0.653. The Labute approximate surface area is 125 Å². The second kappa shape index (κ2) is 7.26. The van der Waals surface area contributed by atoms with Crippen LogP contribution in [0.25, 0.3) is 0 Å². The van der Waals surface area contributed by atoms with Gasteiger partial charge in [-0.2, -0.15) is 11.8 Å². The van der Waals surface area contributed by atoms with Crippen molar-refractivity contribution in [2.24, 2.45) is 0 Å². The number of non-ortho nitro benzene ring substituents is 1. The standard InChI is InChI=1S/C13H17BrN2O2S/c14-13-7-11(16(17)18)5-4-10(13)8-15-9-12-3-1-2-6-19-12/h4-5,7,12,15H,1-3,6,8-9H2. The van der Waals surface area contributed by atoms with Crippen LogP contribution in [0.3, 0.4) is 0 Å². The maximum Gasteiger partial charge on any atom is 0.270 e. The summed E-state index contributed by atoms with van der Waals surface area (Å²) in [6, 6.07) is 4.92. The van der Waals surface area contributed by atoms with Gasteiger partial charge in [-0.25, -0.2) is 0 Å². The van der Waals surface area contributed by atoms with Crippen molar-refractivity contribution in [1.29, 1.82) is 0 Å². The van der Waals surface area contributed by atoms with Crippen molar-refractivity contribution in [2.45, 2.75) is 31.1 Å². The van der Waals surface area contributed by atoms with Crippen molar-refractivity contribution in [2.75, 3.05) is 12.3 Å². The predicted octanol–water partition coefficient (Wildman–Crippen LogP) is 3.73. The van der Waals surface area contributed by atoms with E-state index in [1.54, 1.807) is 12.1 Å². The Morgan fingerprint density at radius 2 is 2.32 bits per heavy atom. The minimum Gasteiger partial charge on any atom is -0.312 e. The molecule has 1 atom stereocenters. The summed E-state index contributed by atoms with van der Waals surface area (Å²) >= 11 is 5.44. The molecule has 2 rings (SSSR count). The zero-order valence-electron chi connectivity index (χ0n) is 10.6. The van der Waals surface area contributed by atoms with Gasteiger partial charge in [-0.15, -0.1) is 0 Å². The zero-order valence-corrected chi connectivity index (χ0v) is 13.0. The molecule has 1 fully saturated rings. The van der Waals surface area contributed by atoms with Crippen molar-refractivity contribution in [3.05, 3.63) is 38.3 Å². The Morgan fingerprint density at radius 1 is 1.47 bits per heavy atom. The molecule has 1 aromatic rings. The van der Waals surface area contributed by atoms with Crippen LogP contribution in [0.5, 0.6) is 0 Å². The van der Waals surface area contributed by atoms with Crippen molar-refractivity contribution in [3.8, 4) is 0 Å². The summed E-state index contributed by atoms with van der Waals surface area (Å²) < 4.78 is 0.797. The summed E-state index contributed by atoms with van der Waals surface area (Å²) in [7, 11) is 0. The molecule has 1 aromatic carbocycles. The van der Waals surface area contributed by atoms with Crippen LogP contribution < -0.4 is 5.32 Å². The highest BCUT2D eigenvalue weighted by Gasteiger charge is 2.14. The van der Waals surface area contributed by atoms with Gasteiger partial charge in [0.25, 0.3) is 5.69 Å². The van der Waals surface area contributed by atoms with Gasteiger partial charge in [0.2, 0.25) is 0 Å². The van der Waals surface area contributed by atoms with Crippen molar-refractivity contribution in [1.82, 2.24) is 5.32 Å². The summed E-state index contributed by atoms with van der Waals surface area (Å²) in [4.78, 5) is 10.3. The maximum absolute atomic E-state index is 10.7. The van der Waals surface area contributed by atoms with E-state index in [2.05, 4.69) is 21.2 Å². The molecular weight excluding hydrogens is 328 g/mol. The van der Waals surface area contributed by atoms with Crippen LogP contribution in [0.15, 0.2) is 22.7 Å². The minimum absolute atomic E-state index is 0.124. The normalized spacial score (nSPS) is 19.3. The van der Waals surface area contributed by atoms with E-state index in [0.29, 0.717) is 5.25 Å². The largest absolute Gasteiger partial charge is 0.312 e. The Bertz CT molecular complexity index is 450. The summed E-state index contributed by atoms with van der Waals surface area (Å²) in [6.07, 6.45) is 3.97. The molecule has 0 amide bonds. The lowest BCUT2D eigenvalue weighted by molar-refractivity contribution is -0.384. The fraction of sp³-hybridized carbons (Fsp3) is 0.538. The molecule has 6 heteroatoms. The Hall–Kier alpha value is -0.590. The molecule has 0 bridgehead atoms. The molecule has 4 nitrogen and oxygen atoms in total. The predicted molar refractivity (Wildman–Crippen MR) is 82.6 cm³/mol. The van der Waals surface area contributed by atoms with E-state index in [1.807, 2.05) is 17.8 Å². The maximum atomic E-state index is 10.7. The molecule has 1 heterocycles. The molecule has 1 N–H and O–H groups in total. The summed E-state index contributed by atoms with van der Waals surface area (Å²) in [6.45, 7) is 1.75. The molecule has 19 heavy (non-hydrogen) atoms. The highest BCUT2D eigenvalue weighted by molar-refractivity contribution is 9.10. The first-order valence-electron chi connectivity index (χ1n) is 6.42. The van der Waals surface area contributed by atoms with Gasteiger partial charge >= 0.3 is 0 Å². The average Bonchev–Trinajstić information content (AvgIpc) is 2.41. The van der Waals surface area contributed by atoms with Gasteiger partial charge in [0.05, 0.1) is 4.92 Å². The third kappa shape index (κ3) is 4.47. The van der Waals surface area contributed by atoms with Gasteiger partial charge in [-0.3, -0.25) is 10.1 Å². The topological polar surface area (TPSA) is 55.2 Å². The average molecular weight is 345 g/mol. The summed E-state index contributed by atoms with van der Waals surface area (Å²) in [5.74, 6) is 1.27. The Morgan fingerprint density at radius 3 is 2.95 bits per heavy atom. The molecule has 0 spiro atoms. The molecule has 104 valence electrons. The lowest BCUT2D eigenvalue weighted by Gasteiger charge is -2.21. The summed E-state index contributed by atoms with van der Waals surface area (Å²) in [5, 5.41) is 14.8. The van der Waals surface area contributed by atoms with Crippen LogP contribution in [0.4, 0.5) is 5.69 Å². The number of nitrogens with one attached hydrogen (secondary N) is 1. The third-order valence-corrected chi connectivity index (χ3v) is 5.35. The lowest BCUT2D eigenvalue weighted by Crippen LogP contribution is -2.26. The van der Waals surface area contributed by atoms with Crippen LogP contribution in [0.2, 0.25) is 0 Å². The molecule has 0 radical (unpaired) electrons. The van der Waals surface area contributed by atoms with Gasteiger partial charge in [0, 0.05) is 34.9 Å². The van der Waals surface area contributed by atoms with Gasteiger partial charge in [-0.05, 0) is 30.2 Å². The lowest BCUT2D eigenvalue weighted by atomic mass is 10.1. The van der Waals surface area contributed by atoms with Crippen molar-refractivity contribution >= 4 is 33.4 Å². The zero-order chi connectivity index (χ0) is 13.7. The smallest absolute Gasteiger partial charge is 0.270 e. The highest BCUT2D eigenvalue weighted by Crippen LogP contribution is 2.25. The number of nitro groups is 1. The molecule has 1 aliphatic heterocycles. The highest BCUT2D eigenvalue weighted by atomic mass is 79.9. The first-order valence-corrected chi connectivity index (χ1v) is 8.26. The molecule has 0 saturated carbocycles. The first-order chi connectivity index (χ1) is 9.16. The summed E-state index contributed by atoms with van der Waals surface area (Å²) in [5.41, 5.74) is 1.19. The van der Waals surface area contributed by atoms with Crippen LogP contribution in [-0.4, -0.2) is 22.5 Å². The van der Waals surface area contributed by atoms with Crippen molar-refractivity contribution < 1.29 is 4.92 Å². The van der Waals surface area contributed by atoms with Gasteiger partial charge < -0.3 is 5.32 Å². The van der Waals surface area contributed by atoms with Crippen LogP contribution in [0.1, 0.15) is 24.8 Å². The number of benzene rings is 1. The van der Waals surface area contributed by atoms with E-state index in [-0.39, 0.29) is 10.6 Å². The Balaban J connectivity index is 1.83. The molecule has 0 aromatic heterocycles. The van der Waals surface area contributed by atoms with Crippen LogP contribution in [0, 0.1) is 10.1 Å². The number of halogens is 1. The van der Waals surface area contributed by atoms with E-state index in [4.69, 9.17) is 0 Å². The van der Waals surface area contributed by atoms with Gasteiger partial charge in [-0.1, -0.05) is 22.4 Å². The van der Waals surface area contributed by atoms with E-state index in [1.165, 1.54) is 25.0 Å². The van der Waals surface area contributed by atoms with E-state index < -0.39 is 0 Å². The molecule has 1 saturated heterocycles. The molecule has 1 aliphatic rings. The fourth-order valence-corrected chi connectivity index (χ4v) is 3.91. The number of nitrogens with zero attached hydrogens (tertiary/aromatic N) is 1. The number of rotatable bonds is 5. The molecular formula is C13H17BrN2O2S. The second-order valence-electron chi connectivity index (χ2n) is 4.65. The number of thioether (sulfide) groups is 1. The van der Waals surface area contributed by atoms with Crippen LogP contribution in [-0.2, 0) is 6.54 Å². The third-order valence-electron chi connectivity index (χ3n) is 3.21. The van der Waals surface area contributed by atoms with Crippen LogP contribution >= 0.6 is 27.7 Å². The van der Waals surface area contributed by atoms with Gasteiger partial charge in [0.1, 0.15) is 0 Å².